The van der Waals surface area contributed by atoms with E-state index in [-0.39, 0.29) is 23.6 Å². The number of aromatic nitrogens is 5. The number of hydrogen-bond donors (Lipinski definition) is 1. The number of pyridine rings is 1. The summed E-state index contributed by atoms with van der Waals surface area (Å²) in [6, 6.07) is 8.69. The monoisotopic (exact) mass is 448 g/mol. The van der Waals surface area contributed by atoms with Crippen molar-refractivity contribution in [2.45, 2.75) is 25.7 Å². The number of halogens is 2. The number of alkyl halides is 2. The molecule has 0 unspecified atom stereocenters. The highest BCUT2D eigenvalue weighted by Gasteiger charge is 2.25. The molecular formula is C24H22F2N6O. The number of anilines is 1. The summed E-state index contributed by atoms with van der Waals surface area (Å²) in [6.45, 7) is 0.788. The molecule has 33 heavy (non-hydrogen) atoms. The molecule has 4 rings (SSSR count). The second-order valence-corrected chi connectivity index (χ2v) is 7.86. The van der Waals surface area contributed by atoms with Gasteiger partial charge in [0.05, 0.1) is 24.5 Å². The van der Waals surface area contributed by atoms with E-state index in [2.05, 4.69) is 25.4 Å². The maximum absolute atomic E-state index is 13.5. The Bertz CT molecular complexity index is 1250. The van der Waals surface area contributed by atoms with E-state index < -0.39 is 5.92 Å². The van der Waals surface area contributed by atoms with Crippen LogP contribution in [-0.2, 0) is 30.6 Å². The molecule has 0 radical (unpaired) electrons. The number of aryl methyl sites for hydroxylation is 1. The van der Waals surface area contributed by atoms with Crippen molar-refractivity contribution >= 4 is 11.6 Å². The van der Waals surface area contributed by atoms with Crippen LogP contribution in [0.1, 0.15) is 29.4 Å². The van der Waals surface area contributed by atoms with Gasteiger partial charge in [0, 0.05) is 56.3 Å². The average molecular weight is 448 g/mol. The molecule has 168 valence electrons. The lowest BCUT2D eigenvalue weighted by Crippen LogP contribution is -2.15. The van der Waals surface area contributed by atoms with Gasteiger partial charge < -0.3 is 5.32 Å². The maximum Gasteiger partial charge on any atom is 0.272 e. The summed E-state index contributed by atoms with van der Waals surface area (Å²) in [5.74, 6) is -2.63. The van der Waals surface area contributed by atoms with Crippen LogP contribution >= 0.6 is 0 Å². The quantitative estimate of drug-likeness (QED) is 0.459. The van der Waals surface area contributed by atoms with Crippen molar-refractivity contribution < 1.29 is 13.6 Å². The van der Waals surface area contributed by atoms with Gasteiger partial charge in [-0.2, -0.15) is 5.10 Å². The first kappa shape index (κ1) is 22.2. The van der Waals surface area contributed by atoms with Gasteiger partial charge in [-0.25, -0.2) is 18.7 Å². The van der Waals surface area contributed by atoms with Crippen molar-refractivity contribution in [2.24, 2.45) is 7.05 Å². The molecule has 0 aliphatic carbocycles. The van der Waals surface area contributed by atoms with Gasteiger partial charge in [0.15, 0.2) is 0 Å². The van der Waals surface area contributed by atoms with E-state index in [1.165, 1.54) is 12.3 Å². The lowest BCUT2D eigenvalue weighted by atomic mass is 10.0. The minimum absolute atomic E-state index is 0.105. The lowest BCUT2D eigenvalue weighted by molar-refractivity contribution is -0.115. The average Bonchev–Trinajstić information content (AvgIpc) is 3.19. The second-order valence-electron chi connectivity index (χ2n) is 7.86. The number of nitrogens with one attached hydrogen (secondary N) is 1. The first-order chi connectivity index (χ1) is 15.8. The number of benzene rings is 1. The fourth-order valence-electron chi connectivity index (χ4n) is 3.29. The standard InChI is InChI=1S/C24H22F2N6O/c1-24(25,26)20-9-21(14-27-13-20)31-23(33)8-16-3-5-18(6-4-16)19-11-28-22(29-12-19)7-17-10-30-32(2)15-17/h3-6,9-15H,7-8H2,1-2H3,(H,31,33). The van der Waals surface area contributed by atoms with Gasteiger partial charge in [-0.05, 0) is 22.8 Å². The van der Waals surface area contributed by atoms with Crippen molar-refractivity contribution in [2.75, 3.05) is 5.32 Å². The van der Waals surface area contributed by atoms with Crippen molar-refractivity contribution in [1.29, 1.82) is 0 Å². The fourth-order valence-corrected chi connectivity index (χ4v) is 3.29. The highest BCUT2D eigenvalue weighted by molar-refractivity contribution is 5.92. The second kappa shape index (κ2) is 9.23. The van der Waals surface area contributed by atoms with E-state index in [1.807, 2.05) is 37.5 Å². The Morgan fingerprint density at radius 2 is 1.73 bits per heavy atom. The van der Waals surface area contributed by atoms with Crippen molar-refractivity contribution in [3.63, 3.8) is 0 Å². The SMILES string of the molecule is Cn1cc(Cc2ncc(-c3ccc(CC(=O)Nc4cncc(C(C)(F)F)c4)cc3)cn2)cn1. The van der Waals surface area contributed by atoms with Crippen LogP contribution in [0.15, 0.2) is 67.5 Å². The van der Waals surface area contributed by atoms with Gasteiger partial charge in [0.1, 0.15) is 5.82 Å². The van der Waals surface area contributed by atoms with Crippen molar-refractivity contribution in [3.8, 4) is 11.1 Å². The summed E-state index contributed by atoms with van der Waals surface area (Å²) in [5.41, 5.74) is 3.60. The fraction of sp³-hybridized carbons (Fsp3) is 0.208. The molecule has 0 fully saturated rings. The predicted octanol–water partition coefficient (Wildman–Crippen LogP) is 4.16. The topological polar surface area (TPSA) is 85.6 Å². The smallest absolute Gasteiger partial charge is 0.272 e. The molecule has 0 atom stereocenters. The lowest BCUT2D eigenvalue weighted by Gasteiger charge is -2.12. The summed E-state index contributed by atoms with van der Waals surface area (Å²) in [7, 11) is 1.86. The highest BCUT2D eigenvalue weighted by atomic mass is 19.3. The summed E-state index contributed by atoms with van der Waals surface area (Å²) in [6.07, 6.45) is 10.4. The number of nitrogens with zero attached hydrogens (tertiary/aromatic N) is 5. The molecule has 0 saturated heterocycles. The molecule has 4 aromatic rings. The predicted molar refractivity (Wildman–Crippen MR) is 120 cm³/mol. The largest absolute Gasteiger partial charge is 0.324 e. The first-order valence-corrected chi connectivity index (χ1v) is 10.3. The molecule has 0 saturated carbocycles. The first-order valence-electron chi connectivity index (χ1n) is 10.3. The molecule has 3 heterocycles. The van der Waals surface area contributed by atoms with E-state index in [0.717, 1.165) is 35.4 Å². The van der Waals surface area contributed by atoms with Crippen molar-refractivity contribution in [1.82, 2.24) is 24.7 Å². The Morgan fingerprint density at radius 3 is 2.36 bits per heavy atom. The summed E-state index contributed by atoms with van der Waals surface area (Å²) >= 11 is 0. The number of carbonyl (C=O) groups is 1. The van der Waals surface area contributed by atoms with E-state index in [4.69, 9.17) is 0 Å². The molecule has 3 aromatic heterocycles. The molecule has 1 N–H and O–H groups in total. The van der Waals surface area contributed by atoms with E-state index in [0.29, 0.717) is 12.2 Å². The Labute approximate surface area is 189 Å². The van der Waals surface area contributed by atoms with Crippen LogP contribution in [0.25, 0.3) is 11.1 Å². The normalized spacial score (nSPS) is 11.4. The van der Waals surface area contributed by atoms with E-state index in [1.54, 1.807) is 23.3 Å². The summed E-state index contributed by atoms with van der Waals surface area (Å²) in [4.78, 5) is 25.0. The minimum atomic E-state index is -3.02. The van der Waals surface area contributed by atoms with Crippen LogP contribution in [0.3, 0.4) is 0 Å². The van der Waals surface area contributed by atoms with Gasteiger partial charge >= 0.3 is 0 Å². The Hall–Kier alpha value is -4.01. The Kier molecular flexibility index (Phi) is 6.21. The van der Waals surface area contributed by atoms with Crippen LogP contribution in [0.4, 0.5) is 14.5 Å². The number of rotatable bonds is 7. The molecule has 7 nitrogen and oxygen atoms in total. The number of hydrogen-bond acceptors (Lipinski definition) is 5. The van der Waals surface area contributed by atoms with Crippen molar-refractivity contribution in [3.05, 3.63) is 90.0 Å². The Morgan fingerprint density at radius 1 is 1.00 bits per heavy atom. The highest BCUT2D eigenvalue weighted by Crippen LogP contribution is 2.27. The third kappa shape index (κ3) is 5.82. The molecule has 0 spiro atoms. The minimum Gasteiger partial charge on any atom is -0.324 e. The van der Waals surface area contributed by atoms with Crippen LogP contribution < -0.4 is 5.32 Å². The zero-order chi connectivity index (χ0) is 23.4. The van der Waals surface area contributed by atoms with Crippen LogP contribution in [0.5, 0.6) is 0 Å². The van der Waals surface area contributed by atoms with Gasteiger partial charge in [-0.15, -0.1) is 0 Å². The maximum atomic E-state index is 13.5. The molecular weight excluding hydrogens is 426 g/mol. The van der Waals surface area contributed by atoms with Gasteiger partial charge in [-0.1, -0.05) is 24.3 Å². The summed E-state index contributed by atoms with van der Waals surface area (Å²) < 4.78 is 28.6. The zero-order valence-electron chi connectivity index (χ0n) is 18.2. The molecule has 0 aliphatic heterocycles. The molecule has 0 bridgehead atoms. The van der Waals surface area contributed by atoms with E-state index in [9.17, 15) is 13.6 Å². The van der Waals surface area contributed by atoms with Crippen LogP contribution in [0.2, 0.25) is 0 Å². The molecule has 1 aromatic carbocycles. The molecule has 0 aliphatic rings. The van der Waals surface area contributed by atoms with Gasteiger partial charge in [-0.3, -0.25) is 14.5 Å². The third-order valence-electron chi connectivity index (χ3n) is 5.01. The number of carbonyl (C=O) groups excluding carboxylic acids is 1. The third-order valence-corrected chi connectivity index (χ3v) is 5.01. The van der Waals surface area contributed by atoms with Crippen LogP contribution in [-0.4, -0.2) is 30.6 Å². The molecule has 1 amide bonds. The van der Waals surface area contributed by atoms with Gasteiger partial charge in [0.2, 0.25) is 5.91 Å². The van der Waals surface area contributed by atoms with Crippen LogP contribution in [0, 0.1) is 0 Å². The molecule has 9 heteroatoms. The zero-order valence-corrected chi connectivity index (χ0v) is 18.2. The van der Waals surface area contributed by atoms with E-state index >= 15 is 0 Å². The van der Waals surface area contributed by atoms with Gasteiger partial charge in [0.25, 0.3) is 5.92 Å². The Balaban J connectivity index is 1.36. The number of amides is 1. The summed E-state index contributed by atoms with van der Waals surface area (Å²) in [5, 5.41) is 6.76.